The lowest BCUT2D eigenvalue weighted by molar-refractivity contribution is 0.174. The summed E-state index contributed by atoms with van der Waals surface area (Å²) < 4.78 is 0. The number of hydrogen-bond donors (Lipinski definition) is 1. The van der Waals surface area contributed by atoms with Crippen molar-refractivity contribution < 1.29 is 0 Å². The third kappa shape index (κ3) is 7.53. The van der Waals surface area contributed by atoms with Crippen molar-refractivity contribution in [3.63, 3.8) is 0 Å². The number of nitrogens with two attached hydrogens (primary N) is 1. The van der Waals surface area contributed by atoms with Crippen LogP contribution in [0.5, 0.6) is 0 Å². The fraction of sp³-hybridized carbons (Fsp3) is 1.00. The van der Waals surface area contributed by atoms with E-state index in [-0.39, 0.29) is 5.54 Å². The maximum atomic E-state index is 7.34. The predicted octanol–water partition coefficient (Wildman–Crippen LogP) is 9.04. The van der Waals surface area contributed by atoms with Crippen molar-refractivity contribution in [1.29, 1.82) is 0 Å². The van der Waals surface area contributed by atoms with Gasteiger partial charge in [0.05, 0.1) is 0 Å². The van der Waals surface area contributed by atoms with E-state index in [1.165, 1.54) is 135 Å². The van der Waals surface area contributed by atoms with Crippen LogP contribution in [0.2, 0.25) is 0 Å². The molecular weight excluding hydrogens is 362 g/mol. The first-order chi connectivity index (χ1) is 14.6. The molecule has 0 aromatic carbocycles. The molecule has 3 aliphatic carbocycles. The van der Waals surface area contributed by atoms with Crippen molar-refractivity contribution in [3.05, 3.63) is 0 Å². The molecule has 1 nitrogen and oxygen atoms in total. The summed E-state index contributed by atoms with van der Waals surface area (Å²) in [5, 5.41) is 0. The third-order valence-electron chi connectivity index (χ3n) is 10.0. The minimum absolute atomic E-state index is 0.144. The molecule has 2 N–H and O–H groups in total. The maximum absolute atomic E-state index is 7.34. The zero-order valence-electron chi connectivity index (χ0n) is 20.8. The van der Waals surface area contributed by atoms with Gasteiger partial charge in [-0.3, -0.25) is 0 Å². The molecule has 30 heavy (non-hydrogen) atoms. The minimum atomic E-state index is 0.144. The van der Waals surface area contributed by atoms with E-state index in [4.69, 9.17) is 5.73 Å². The van der Waals surface area contributed by atoms with Gasteiger partial charge in [-0.1, -0.05) is 123 Å². The summed E-state index contributed by atoms with van der Waals surface area (Å²) in [6.07, 6.45) is 30.3. The zero-order chi connectivity index (χ0) is 21.2. The van der Waals surface area contributed by atoms with Crippen LogP contribution in [-0.2, 0) is 0 Å². The molecular formula is C29H55N. The van der Waals surface area contributed by atoms with Gasteiger partial charge in [0.1, 0.15) is 0 Å². The zero-order valence-corrected chi connectivity index (χ0v) is 20.8. The van der Waals surface area contributed by atoms with Gasteiger partial charge in [0.25, 0.3) is 0 Å². The van der Waals surface area contributed by atoms with Crippen LogP contribution in [0.25, 0.3) is 0 Å². The quantitative estimate of drug-likeness (QED) is 0.476. The first kappa shape index (κ1) is 24.6. The van der Waals surface area contributed by atoms with E-state index in [2.05, 4.69) is 13.8 Å². The number of hydrogen-bond acceptors (Lipinski definition) is 1. The first-order valence-electron chi connectivity index (χ1n) is 14.4. The van der Waals surface area contributed by atoms with Crippen molar-refractivity contribution in [1.82, 2.24) is 0 Å². The maximum Gasteiger partial charge on any atom is 0.0182 e. The average molecular weight is 418 g/mol. The summed E-state index contributed by atoms with van der Waals surface area (Å²) in [6, 6.07) is 0. The van der Waals surface area contributed by atoms with E-state index < -0.39 is 0 Å². The molecule has 0 saturated heterocycles. The van der Waals surface area contributed by atoms with Gasteiger partial charge in [-0.15, -0.1) is 0 Å². The summed E-state index contributed by atoms with van der Waals surface area (Å²) in [5.74, 6) is 4.76. The van der Waals surface area contributed by atoms with Crippen molar-refractivity contribution in [3.8, 4) is 0 Å². The lowest BCUT2D eigenvalue weighted by atomic mass is 9.70. The Hall–Kier alpha value is -0.0400. The smallest absolute Gasteiger partial charge is 0.0182 e. The molecule has 3 fully saturated rings. The minimum Gasteiger partial charge on any atom is -0.325 e. The number of fused-ring (bicyclic) bond motifs is 4. The second-order valence-corrected chi connectivity index (χ2v) is 11.9. The van der Waals surface area contributed by atoms with Crippen LogP contribution < -0.4 is 5.73 Å². The van der Waals surface area contributed by atoms with E-state index in [1.807, 2.05) is 0 Å². The molecule has 0 amide bonds. The molecule has 6 atom stereocenters. The first-order valence-corrected chi connectivity index (χ1v) is 14.4. The van der Waals surface area contributed by atoms with E-state index >= 15 is 0 Å². The van der Waals surface area contributed by atoms with E-state index in [0.29, 0.717) is 0 Å². The fourth-order valence-electron chi connectivity index (χ4n) is 7.56. The average Bonchev–Trinajstić information content (AvgIpc) is 2.82. The van der Waals surface area contributed by atoms with Crippen LogP contribution in [0.4, 0.5) is 0 Å². The Morgan fingerprint density at radius 1 is 0.533 bits per heavy atom. The highest BCUT2D eigenvalue weighted by atomic mass is 14.8. The van der Waals surface area contributed by atoms with Crippen molar-refractivity contribution in [2.45, 2.75) is 154 Å². The SMILES string of the molecule is CCC1CCCC2CCCC3CCC(CC)CCCCC3(N)CCCC(CC1)CC2. The Balaban J connectivity index is 1.70. The highest BCUT2D eigenvalue weighted by Gasteiger charge is 2.35. The van der Waals surface area contributed by atoms with Crippen LogP contribution in [-0.4, -0.2) is 5.54 Å². The highest BCUT2D eigenvalue weighted by Crippen LogP contribution is 2.41. The van der Waals surface area contributed by atoms with Gasteiger partial charge in [0.2, 0.25) is 0 Å². The molecule has 2 bridgehead atoms. The second kappa shape index (κ2) is 12.9. The molecule has 0 heterocycles. The van der Waals surface area contributed by atoms with Crippen molar-refractivity contribution in [2.75, 3.05) is 0 Å². The standard InChI is InChI=1S/C29H55N/c1-3-24-10-5-6-22-29(30)23-9-14-27-17-16-25(4-2)11-7-12-26(18-19-27)13-8-15-28(29)21-20-24/h24-28H,3-23,30H2,1-2H3. The predicted molar refractivity (Wildman–Crippen MR) is 133 cm³/mol. The Morgan fingerprint density at radius 2 is 1.07 bits per heavy atom. The largest absolute Gasteiger partial charge is 0.325 e. The molecule has 3 aliphatic rings. The topological polar surface area (TPSA) is 26.0 Å². The van der Waals surface area contributed by atoms with Gasteiger partial charge >= 0.3 is 0 Å². The molecule has 0 radical (unpaired) electrons. The lowest BCUT2D eigenvalue weighted by Crippen LogP contribution is -2.47. The number of rotatable bonds is 2. The van der Waals surface area contributed by atoms with Crippen molar-refractivity contribution >= 4 is 0 Å². The molecule has 176 valence electrons. The molecule has 3 rings (SSSR count). The molecule has 6 unspecified atom stereocenters. The third-order valence-corrected chi connectivity index (χ3v) is 10.0. The molecule has 0 aromatic heterocycles. The Bertz CT molecular complexity index is 459. The van der Waals surface area contributed by atoms with Crippen LogP contribution in [0, 0.1) is 29.6 Å². The van der Waals surface area contributed by atoms with Gasteiger partial charge in [0.15, 0.2) is 0 Å². The molecule has 0 aromatic rings. The van der Waals surface area contributed by atoms with Crippen LogP contribution in [0.1, 0.15) is 149 Å². The Labute approximate surface area is 189 Å². The van der Waals surface area contributed by atoms with Gasteiger partial charge in [-0.05, 0) is 55.3 Å². The van der Waals surface area contributed by atoms with Crippen LogP contribution in [0.15, 0.2) is 0 Å². The lowest BCUT2D eigenvalue weighted by Gasteiger charge is -2.39. The van der Waals surface area contributed by atoms with Gasteiger partial charge in [-0.25, -0.2) is 0 Å². The van der Waals surface area contributed by atoms with Gasteiger partial charge in [-0.2, -0.15) is 0 Å². The van der Waals surface area contributed by atoms with Gasteiger partial charge in [0, 0.05) is 5.54 Å². The monoisotopic (exact) mass is 417 g/mol. The van der Waals surface area contributed by atoms with E-state index in [9.17, 15) is 0 Å². The highest BCUT2D eigenvalue weighted by molar-refractivity contribution is 4.93. The van der Waals surface area contributed by atoms with Gasteiger partial charge < -0.3 is 5.73 Å². The molecule has 0 aliphatic heterocycles. The molecule has 1 heteroatoms. The normalized spacial score (nSPS) is 40.7. The summed E-state index contributed by atoms with van der Waals surface area (Å²) in [7, 11) is 0. The van der Waals surface area contributed by atoms with E-state index in [0.717, 1.165) is 29.6 Å². The Kier molecular flexibility index (Phi) is 10.5. The molecule has 3 saturated carbocycles. The second-order valence-electron chi connectivity index (χ2n) is 11.9. The van der Waals surface area contributed by atoms with Crippen LogP contribution in [0.3, 0.4) is 0 Å². The summed E-state index contributed by atoms with van der Waals surface area (Å²) in [5.41, 5.74) is 7.48. The summed E-state index contributed by atoms with van der Waals surface area (Å²) >= 11 is 0. The Morgan fingerprint density at radius 3 is 1.80 bits per heavy atom. The van der Waals surface area contributed by atoms with Crippen molar-refractivity contribution in [2.24, 2.45) is 35.3 Å². The fourth-order valence-corrected chi connectivity index (χ4v) is 7.56. The van der Waals surface area contributed by atoms with Crippen LogP contribution >= 0.6 is 0 Å². The van der Waals surface area contributed by atoms with E-state index in [1.54, 1.807) is 0 Å². The molecule has 0 spiro atoms. The summed E-state index contributed by atoms with van der Waals surface area (Å²) in [6.45, 7) is 4.84. The summed E-state index contributed by atoms with van der Waals surface area (Å²) in [4.78, 5) is 0.